The first-order valence-electron chi connectivity index (χ1n) is 12.0. The highest BCUT2D eigenvalue weighted by molar-refractivity contribution is 5.93. The smallest absolute Gasteiger partial charge is 0.318 e. The highest BCUT2D eigenvalue weighted by atomic mass is 16.4. The highest BCUT2D eigenvalue weighted by Gasteiger charge is 2.31. The van der Waals surface area contributed by atoms with Crippen LogP contribution in [-0.4, -0.2) is 22.2 Å². The maximum Gasteiger partial charge on any atom is 0.318 e. The molecule has 0 amide bonds. The molecule has 0 aliphatic heterocycles. The van der Waals surface area contributed by atoms with E-state index in [0.717, 1.165) is 12.8 Å². The molecule has 0 radical (unpaired) electrons. The van der Waals surface area contributed by atoms with Gasteiger partial charge < -0.3 is 10.2 Å². The third-order valence-electron chi connectivity index (χ3n) is 5.86. The van der Waals surface area contributed by atoms with Crippen molar-refractivity contribution in [3.05, 3.63) is 0 Å². The van der Waals surface area contributed by atoms with Crippen LogP contribution in [0.3, 0.4) is 0 Å². The Hall–Kier alpha value is -1.06. The van der Waals surface area contributed by atoms with Crippen LogP contribution in [0, 0.1) is 11.8 Å². The van der Waals surface area contributed by atoms with E-state index in [2.05, 4.69) is 6.92 Å². The van der Waals surface area contributed by atoms with E-state index in [0.29, 0.717) is 6.42 Å². The third-order valence-corrected chi connectivity index (χ3v) is 5.86. The maximum atomic E-state index is 11.0. The van der Waals surface area contributed by atoms with Gasteiger partial charge >= 0.3 is 11.9 Å². The molecule has 0 aliphatic rings. The van der Waals surface area contributed by atoms with Crippen LogP contribution in [0.5, 0.6) is 0 Å². The Morgan fingerprint density at radius 3 is 1.14 bits per heavy atom. The van der Waals surface area contributed by atoms with Crippen LogP contribution in [0.4, 0.5) is 0 Å². The topological polar surface area (TPSA) is 74.6 Å². The molecule has 0 saturated heterocycles. The summed E-state index contributed by atoms with van der Waals surface area (Å²) < 4.78 is 0. The Kier molecular flexibility index (Phi) is 18.5. The van der Waals surface area contributed by atoms with E-state index >= 15 is 0 Å². The molecule has 4 nitrogen and oxygen atoms in total. The molecule has 0 aromatic rings. The van der Waals surface area contributed by atoms with Crippen molar-refractivity contribution in [1.82, 2.24) is 0 Å². The molecule has 0 rings (SSSR count). The van der Waals surface area contributed by atoms with Gasteiger partial charge in [0, 0.05) is 0 Å². The van der Waals surface area contributed by atoms with Gasteiger partial charge in [0.1, 0.15) is 0 Å². The molecular formula is C24H46O4. The molecule has 166 valence electrons. The van der Waals surface area contributed by atoms with Gasteiger partial charge in [-0.3, -0.25) is 9.59 Å². The van der Waals surface area contributed by atoms with E-state index in [1.807, 2.05) is 0 Å². The minimum atomic E-state index is -1.26. The Balaban J connectivity index is 3.32. The molecule has 1 atom stereocenters. The van der Waals surface area contributed by atoms with Gasteiger partial charge in [-0.15, -0.1) is 0 Å². The summed E-state index contributed by atoms with van der Waals surface area (Å²) >= 11 is 0. The first-order chi connectivity index (χ1) is 13.5. The SMILES string of the molecule is CCCCCCCCCCCCCCCCCCCC(C)C(C(=O)O)C(=O)O. The van der Waals surface area contributed by atoms with Gasteiger partial charge in [0.15, 0.2) is 5.92 Å². The Morgan fingerprint density at radius 1 is 0.571 bits per heavy atom. The van der Waals surface area contributed by atoms with E-state index in [9.17, 15) is 9.59 Å². The lowest BCUT2D eigenvalue weighted by atomic mass is 9.89. The van der Waals surface area contributed by atoms with Crippen LogP contribution < -0.4 is 0 Å². The minimum Gasteiger partial charge on any atom is -0.481 e. The second-order valence-electron chi connectivity index (χ2n) is 8.58. The molecule has 0 aromatic heterocycles. The molecule has 0 aromatic carbocycles. The van der Waals surface area contributed by atoms with Gasteiger partial charge in [0.05, 0.1) is 0 Å². The zero-order valence-electron chi connectivity index (χ0n) is 18.6. The molecule has 4 heteroatoms. The van der Waals surface area contributed by atoms with Crippen molar-refractivity contribution in [2.75, 3.05) is 0 Å². The van der Waals surface area contributed by atoms with E-state index < -0.39 is 17.9 Å². The summed E-state index contributed by atoms with van der Waals surface area (Å²) in [5.41, 5.74) is 0. The van der Waals surface area contributed by atoms with Crippen LogP contribution in [0.2, 0.25) is 0 Å². The second kappa shape index (κ2) is 19.3. The van der Waals surface area contributed by atoms with Crippen molar-refractivity contribution >= 4 is 11.9 Å². The number of aliphatic carboxylic acids is 2. The summed E-state index contributed by atoms with van der Waals surface area (Å²) in [5, 5.41) is 18.0. The fraction of sp³-hybridized carbons (Fsp3) is 0.917. The zero-order chi connectivity index (χ0) is 21.0. The van der Waals surface area contributed by atoms with Crippen molar-refractivity contribution in [1.29, 1.82) is 0 Å². The monoisotopic (exact) mass is 398 g/mol. The summed E-state index contributed by atoms with van der Waals surface area (Å²) in [6, 6.07) is 0. The van der Waals surface area contributed by atoms with Gasteiger partial charge in [-0.2, -0.15) is 0 Å². The largest absolute Gasteiger partial charge is 0.481 e. The van der Waals surface area contributed by atoms with E-state index in [-0.39, 0.29) is 5.92 Å². The van der Waals surface area contributed by atoms with Crippen molar-refractivity contribution in [3.8, 4) is 0 Å². The first-order valence-corrected chi connectivity index (χ1v) is 12.0. The number of hydrogen-bond acceptors (Lipinski definition) is 2. The van der Waals surface area contributed by atoms with Gasteiger partial charge in [-0.05, 0) is 12.3 Å². The molecular weight excluding hydrogens is 352 g/mol. The summed E-state index contributed by atoms with van der Waals surface area (Å²) in [7, 11) is 0. The molecule has 0 fully saturated rings. The number of rotatable bonds is 21. The summed E-state index contributed by atoms with van der Waals surface area (Å²) in [4.78, 5) is 22.0. The molecule has 0 aliphatic carbocycles. The summed E-state index contributed by atoms with van der Waals surface area (Å²) in [6.07, 6.45) is 23.1. The van der Waals surface area contributed by atoms with E-state index in [1.165, 1.54) is 96.3 Å². The highest BCUT2D eigenvalue weighted by Crippen LogP contribution is 2.20. The summed E-state index contributed by atoms with van der Waals surface area (Å²) in [5.74, 6) is -3.99. The zero-order valence-corrected chi connectivity index (χ0v) is 18.6. The van der Waals surface area contributed by atoms with Crippen LogP contribution in [-0.2, 0) is 9.59 Å². The first kappa shape index (κ1) is 26.9. The standard InChI is InChI=1S/C24H46O4/c1-3-4-5-6-7-8-9-10-11-12-13-14-15-16-17-18-19-20-21(2)22(23(25)26)24(27)28/h21-22H,3-20H2,1-2H3,(H,25,26)(H,27,28). The van der Waals surface area contributed by atoms with E-state index in [1.54, 1.807) is 6.92 Å². The number of hydrogen-bond donors (Lipinski definition) is 2. The van der Waals surface area contributed by atoms with Crippen LogP contribution in [0.15, 0.2) is 0 Å². The molecule has 0 spiro atoms. The molecule has 2 N–H and O–H groups in total. The molecule has 1 unspecified atom stereocenters. The number of carboxylic acids is 2. The Bertz CT molecular complexity index is 367. The quantitative estimate of drug-likeness (QED) is 0.155. The fourth-order valence-corrected chi connectivity index (χ4v) is 3.95. The number of carbonyl (C=O) groups is 2. The maximum absolute atomic E-state index is 11.0. The lowest BCUT2D eigenvalue weighted by Crippen LogP contribution is -2.29. The second-order valence-corrected chi connectivity index (χ2v) is 8.58. The van der Waals surface area contributed by atoms with Crippen LogP contribution in [0.1, 0.15) is 129 Å². The van der Waals surface area contributed by atoms with Crippen LogP contribution in [0.25, 0.3) is 0 Å². The van der Waals surface area contributed by atoms with Gasteiger partial charge in [0.25, 0.3) is 0 Å². The fourth-order valence-electron chi connectivity index (χ4n) is 3.95. The van der Waals surface area contributed by atoms with Crippen LogP contribution >= 0.6 is 0 Å². The van der Waals surface area contributed by atoms with E-state index in [4.69, 9.17) is 10.2 Å². The predicted molar refractivity (Wildman–Crippen MR) is 117 cm³/mol. The van der Waals surface area contributed by atoms with Gasteiger partial charge in [-0.1, -0.05) is 123 Å². The summed E-state index contributed by atoms with van der Waals surface area (Å²) in [6.45, 7) is 4.00. The Morgan fingerprint density at radius 2 is 0.857 bits per heavy atom. The molecule has 0 saturated carbocycles. The lowest BCUT2D eigenvalue weighted by Gasteiger charge is -2.15. The normalized spacial score (nSPS) is 12.4. The average Bonchev–Trinajstić information content (AvgIpc) is 2.63. The Labute approximate surface area is 173 Å². The molecule has 0 bridgehead atoms. The van der Waals surface area contributed by atoms with Crippen molar-refractivity contribution in [2.24, 2.45) is 11.8 Å². The van der Waals surface area contributed by atoms with Crippen molar-refractivity contribution < 1.29 is 19.8 Å². The lowest BCUT2D eigenvalue weighted by molar-refractivity contribution is -0.157. The number of unbranched alkanes of at least 4 members (excludes halogenated alkanes) is 16. The molecule has 28 heavy (non-hydrogen) atoms. The average molecular weight is 399 g/mol. The predicted octanol–water partition coefficient (Wildman–Crippen LogP) is 7.45. The van der Waals surface area contributed by atoms with Gasteiger partial charge in [-0.25, -0.2) is 0 Å². The minimum absolute atomic E-state index is 0.300. The van der Waals surface area contributed by atoms with Crippen molar-refractivity contribution in [3.63, 3.8) is 0 Å². The third kappa shape index (κ3) is 15.9. The van der Waals surface area contributed by atoms with Crippen molar-refractivity contribution in [2.45, 2.75) is 129 Å². The molecule has 0 heterocycles. The number of carboxylic acid groups (broad SMARTS) is 2. The van der Waals surface area contributed by atoms with Gasteiger partial charge in [0.2, 0.25) is 0 Å².